The number of aliphatic carboxylic acids is 1. The lowest BCUT2D eigenvalue weighted by molar-refractivity contribution is -0.137. The zero-order chi connectivity index (χ0) is 15.1. The minimum atomic E-state index is -1.11. The first kappa shape index (κ1) is 13.2. The predicted octanol–water partition coefficient (Wildman–Crippen LogP) is 1.80. The van der Waals surface area contributed by atoms with Crippen LogP contribution in [0.1, 0.15) is 0 Å². The molecule has 0 amide bonds. The first-order valence-corrected chi connectivity index (χ1v) is 6.03. The van der Waals surface area contributed by atoms with E-state index in [1.807, 2.05) is 0 Å². The number of rotatable bonds is 3. The first-order chi connectivity index (χ1) is 9.97. The van der Waals surface area contributed by atoms with Crippen LogP contribution in [-0.4, -0.2) is 30.4 Å². The topological polar surface area (TPSA) is 72.9 Å². The van der Waals surface area contributed by atoms with Crippen molar-refractivity contribution in [1.82, 2.24) is 19.3 Å². The third kappa shape index (κ3) is 2.14. The summed E-state index contributed by atoms with van der Waals surface area (Å²) in [5.41, 5.74) is 0.951. The number of halogens is 2. The van der Waals surface area contributed by atoms with E-state index in [-0.39, 0.29) is 16.9 Å². The zero-order valence-electron chi connectivity index (χ0n) is 10.9. The van der Waals surface area contributed by atoms with Crippen LogP contribution in [0.15, 0.2) is 24.4 Å². The highest BCUT2D eigenvalue weighted by atomic mass is 19.2. The Labute approximate surface area is 117 Å². The van der Waals surface area contributed by atoms with E-state index >= 15 is 0 Å². The number of hydrogen-bond acceptors (Lipinski definition) is 3. The van der Waals surface area contributed by atoms with Gasteiger partial charge in [-0.05, 0) is 6.07 Å². The maximum Gasteiger partial charge on any atom is 0.323 e. The van der Waals surface area contributed by atoms with Crippen molar-refractivity contribution in [3.05, 3.63) is 36.0 Å². The molecule has 0 fully saturated rings. The Morgan fingerprint density at radius 3 is 2.67 bits per heavy atom. The van der Waals surface area contributed by atoms with Crippen molar-refractivity contribution < 1.29 is 18.7 Å². The molecule has 21 heavy (non-hydrogen) atoms. The molecule has 1 aromatic carbocycles. The molecule has 108 valence electrons. The van der Waals surface area contributed by atoms with Gasteiger partial charge in [-0.15, -0.1) is 0 Å². The number of aryl methyl sites for hydroxylation is 1. The van der Waals surface area contributed by atoms with Crippen LogP contribution in [0.25, 0.3) is 22.6 Å². The lowest BCUT2D eigenvalue weighted by Crippen LogP contribution is -2.11. The van der Waals surface area contributed by atoms with Gasteiger partial charge in [-0.2, -0.15) is 5.10 Å². The van der Waals surface area contributed by atoms with E-state index in [1.54, 1.807) is 13.1 Å². The van der Waals surface area contributed by atoms with Crippen molar-refractivity contribution in [2.75, 3.05) is 0 Å². The number of carboxylic acid groups (broad SMARTS) is 1. The Morgan fingerprint density at radius 1 is 1.33 bits per heavy atom. The number of benzene rings is 1. The number of hydrogen-bond donors (Lipinski definition) is 1. The number of imidazole rings is 1. The van der Waals surface area contributed by atoms with Gasteiger partial charge >= 0.3 is 5.97 Å². The molecule has 0 atom stereocenters. The fourth-order valence-corrected chi connectivity index (χ4v) is 2.20. The molecule has 0 unspecified atom stereocenters. The Morgan fingerprint density at radius 2 is 2.05 bits per heavy atom. The maximum absolute atomic E-state index is 13.4. The van der Waals surface area contributed by atoms with Crippen molar-refractivity contribution in [2.24, 2.45) is 7.05 Å². The summed E-state index contributed by atoms with van der Waals surface area (Å²) in [5.74, 6) is -2.90. The van der Waals surface area contributed by atoms with Crippen molar-refractivity contribution in [3.8, 4) is 11.5 Å². The Kier molecular flexibility index (Phi) is 2.93. The molecule has 0 bridgehead atoms. The fraction of sp³-hybridized carbons (Fsp3) is 0.154. The number of aromatic nitrogens is 4. The molecule has 3 rings (SSSR count). The Bertz CT molecular complexity index is 853. The molecule has 2 heterocycles. The molecule has 0 aliphatic rings. The van der Waals surface area contributed by atoms with E-state index < -0.39 is 24.1 Å². The summed E-state index contributed by atoms with van der Waals surface area (Å²) in [5, 5.41) is 13.0. The minimum absolute atomic E-state index is 0.186. The van der Waals surface area contributed by atoms with Crippen LogP contribution in [0.3, 0.4) is 0 Å². The van der Waals surface area contributed by atoms with Crippen molar-refractivity contribution >= 4 is 17.0 Å². The molecule has 6 nitrogen and oxygen atoms in total. The van der Waals surface area contributed by atoms with Crippen LogP contribution in [0, 0.1) is 11.6 Å². The molecular weight excluding hydrogens is 282 g/mol. The normalized spacial score (nSPS) is 11.2. The number of nitrogens with zero attached hydrogens (tertiary/aromatic N) is 4. The summed E-state index contributed by atoms with van der Waals surface area (Å²) in [6.07, 6.45) is 1.53. The lowest BCUT2D eigenvalue weighted by atomic mass is 10.3. The van der Waals surface area contributed by atoms with E-state index in [0.717, 1.165) is 12.1 Å². The maximum atomic E-state index is 13.4. The zero-order valence-corrected chi connectivity index (χ0v) is 10.9. The lowest BCUT2D eigenvalue weighted by Gasteiger charge is -2.06. The summed E-state index contributed by atoms with van der Waals surface area (Å²) in [6, 6.07) is 3.54. The molecular formula is C13H10F2N4O2. The van der Waals surface area contributed by atoms with Crippen LogP contribution in [0.4, 0.5) is 8.78 Å². The fourth-order valence-electron chi connectivity index (χ4n) is 2.20. The van der Waals surface area contributed by atoms with Gasteiger partial charge in [-0.3, -0.25) is 9.48 Å². The van der Waals surface area contributed by atoms with E-state index in [4.69, 9.17) is 5.11 Å². The van der Waals surface area contributed by atoms with E-state index in [1.165, 1.54) is 15.4 Å². The standard InChI is InChI=1S/C13H10F2N4O2/c1-18-10(2-3-16-18)13-17-9-4-7(14)8(15)5-11(9)19(13)6-12(20)21/h2-5H,6H2,1H3,(H,20,21). The molecule has 0 spiro atoms. The van der Waals surface area contributed by atoms with E-state index in [9.17, 15) is 13.6 Å². The molecule has 0 saturated heterocycles. The summed E-state index contributed by atoms with van der Waals surface area (Å²) >= 11 is 0. The quantitative estimate of drug-likeness (QED) is 0.799. The van der Waals surface area contributed by atoms with Gasteiger partial charge in [0.15, 0.2) is 17.5 Å². The number of fused-ring (bicyclic) bond motifs is 1. The second-order valence-electron chi connectivity index (χ2n) is 4.51. The summed E-state index contributed by atoms with van der Waals surface area (Å²) in [7, 11) is 1.67. The van der Waals surface area contributed by atoms with Crippen LogP contribution in [0.5, 0.6) is 0 Å². The molecule has 3 aromatic rings. The molecule has 0 radical (unpaired) electrons. The van der Waals surface area contributed by atoms with Gasteiger partial charge in [0.2, 0.25) is 0 Å². The summed E-state index contributed by atoms with van der Waals surface area (Å²) < 4.78 is 29.6. The highest BCUT2D eigenvalue weighted by Crippen LogP contribution is 2.26. The monoisotopic (exact) mass is 292 g/mol. The number of carbonyl (C=O) groups is 1. The summed E-state index contributed by atoms with van der Waals surface area (Å²) in [6.45, 7) is -0.415. The molecule has 1 N–H and O–H groups in total. The predicted molar refractivity (Wildman–Crippen MR) is 69.5 cm³/mol. The van der Waals surface area contributed by atoms with Crippen LogP contribution < -0.4 is 0 Å². The molecule has 0 aliphatic heterocycles. The van der Waals surface area contributed by atoms with Crippen LogP contribution in [0.2, 0.25) is 0 Å². The number of carboxylic acids is 1. The minimum Gasteiger partial charge on any atom is -0.480 e. The molecule has 8 heteroatoms. The summed E-state index contributed by atoms with van der Waals surface area (Å²) in [4.78, 5) is 15.2. The first-order valence-electron chi connectivity index (χ1n) is 6.03. The van der Waals surface area contributed by atoms with Gasteiger partial charge in [-0.1, -0.05) is 0 Å². The van der Waals surface area contributed by atoms with Crippen LogP contribution >= 0.6 is 0 Å². The van der Waals surface area contributed by atoms with Gasteiger partial charge in [0.05, 0.1) is 11.0 Å². The Hall–Kier alpha value is -2.77. The largest absolute Gasteiger partial charge is 0.480 e. The van der Waals surface area contributed by atoms with Crippen molar-refractivity contribution in [1.29, 1.82) is 0 Å². The van der Waals surface area contributed by atoms with E-state index in [0.29, 0.717) is 5.69 Å². The van der Waals surface area contributed by atoms with Crippen molar-refractivity contribution in [3.63, 3.8) is 0 Å². The molecule has 2 aromatic heterocycles. The molecule has 0 aliphatic carbocycles. The average Bonchev–Trinajstić information content (AvgIpc) is 2.95. The van der Waals surface area contributed by atoms with Gasteiger partial charge in [0.25, 0.3) is 0 Å². The van der Waals surface area contributed by atoms with Gasteiger partial charge in [0.1, 0.15) is 12.2 Å². The van der Waals surface area contributed by atoms with Gasteiger partial charge in [0, 0.05) is 25.4 Å². The average molecular weight is 292 g/mol. The SMILES string of the molecule is Cn1nccc1-c1nc2cc(F)c(F)cc2n1CC(=O)O. The van der Waals surface area contributed by atoms with Gasteiger partial charge < -0.3 is 9.67 Å². The van der Waals surface area contributed by atoms with Crippen LogP contribution in [-0.2, 0) is 18.4 Å². The third-order valence-corrected chi connectivity index (χ3v) is 3.13. The Balaban J connectivity index is 2.33. The highest BCUT2D eigenvalue weighted by Gasteiger charge is 2.19. The smallest absolute Gasteiger partial charge is 0.323 e. The van der Waals surface area contributed by atoms with Crippen molar-refractivity contribution in [2.45, 2.75) is 6.54 Å². The van der Waals surface area contributed by atoms with E-state index in [2.05, 4.69) is 10.1 Å². The molecule has 0 saturated carbocycles. The third-order valence-electron chi connectivity index (χ3n) is 3.13. The van der Waals surface area contributed by atoms with Gasteiger partial charge in [-0.25, -0.2) is 13.8 Å². The highest BCUT2D eigenvalue weighted by molar-refractivity contribution is 5.82. The second-order valence-corrected chi connectivity index (χ2v) is 4.51. The second kappa shape index (κ2) is 4.65.